The topological polar surface area (TPSA) is 42.0 Å². The Morgan fingerprint density at radius 1 is 1.50 bits per heavy atom. The lowest BCUT2D eigenvalue weighted by molar-refractivity contribution is -0.121. The van der Waals surface area contributed by atoms with Crippen LogP contribution in [0.1, 0.15) is 23.6 Å². The molecule has 1 aliphatic rings. The number of hydrogen-bond donors (Lipinski definition) is 1. The molecule has 2 rings (SSSR count). The SMILES string of the molecule is Cc1ccc(C2CNCCC2=O)cn1. The van der Waals surface area contributed by atoms with Crippen LogP contribution in [0.5, 0.6) is 0 Å². The molecule has 0 radical (unpaired) electrons. The zero-order valence-electron chi connectivity index (χ0n) is 8.29. The van der Waals surface area contributed by atoms with Crippen molar-refractivity contribution in [1.82, 2.24) is 10.3 Å². The first-order valence-electron chi connectivity index (χ1n) is 4.93. The highest BCUT2D eigenvalue weighted by molar-refractivity contribution is 5.86. The van der Waals surface area contributed by atoms with E-state index in [0.717, 1.165) is 24.3 Å². The van der Waals surface area contributed by atoms with Gasteiger partial charge in [-0.15, -0.1) is 0 Å². The third kappa shape index (κ3) is 1.82. The van der Waals surface area contributed by atoms with Crippen LogP contribution >= 0.6 is 0 Å². The second kappa shape index (κ2) is 3.88. The normalized spacial score (nSPS) is 22.4. The summed E-state index contributed by atoms with van der Waals surface area (Å²) in [5.41, 5.74) is 2.03. The van der Waals surface area contributed by atoms with Crippen LogP contribution in [0.3, 0.4) is 0 Å². The van der Waals surface area contributed by atoms with Gasteiger partial charge < -0.3 is 5.32 Å². The molecule has 0 bridgehead atoms. The molecule has 0 aromatic carbocycles. The Kier molecular flexibility index (Phi) is 2.59. The maximum Gasteiger partial charge on any atom is 0.142 e. The van der Waals surface area contributed by atoms with Crippen LogP contribution in [0.4, 0.5) is 0 Å². The van der Waals surface area contributed by atoms with E-state index in [1.807, 2.05) is 25.3 Å². The standard InChI is InChI=1S/C11H14N2O/c1-8-2-3-9(6-13-8)10-7-12-5-4-11(10)14/h2-3,6,10,12H,4-5,7H2,1H3. The van der Waals surface area contributed by atoms with Crippen molar-refractivity contribution in [2.24, 2.45) is 0 Å². The molecule has 1 atom stereocenters. The molecule has 0 amide bonds. The first-order chi connectivity index (χ1) is 6.77. The molecule has 1 unspecified atom stereocenters. The van der Waals surface area contributed by atoms with Gasteiger partial charge in [-0.25, -0.2) is 0 Å². The van der Waals surface area contributed by atoms with Gasteiger partial charge in [0.1, 0.15) is 5.78 Å². The van der Waals surface area contributed by atoms with E-state index in [-0.39, 0.29) is 5.92 Å². The van der Waals surface area contributed by atoms with Gasteiger partial charge in [-0.2, -0.15) is 0 Å². The molecule has 2 heterocycles. The van der Waals surface area contributed by atoms with E-state index in [0.29, 0.717) is 12.2 Å². The number of Topliss-reactive ketones (excluding diaryl/α,β-unsaturated/α-hetero) is 1. The Balaban J connectivity index is 2.20. The average Bonchev–Trinajstić information content (AvgIpc) is 2.20. The Morgan fingerprint density at radius 2 is 2.36 bits per heavy atom. The molecule has 1 aromatic rings. The van der Waals surface area contributed by atoms with Crippen molar-refractivity contribution in [3.8, 4) is 0 Å². The zero-order valence-corrected chi connectivity index (χ0v) is 8.29. The molecule has 14 heavy (non-hydrogen) atoms. The van der Waals surface area contributed by atoms with E-state index >= 15 is 0 Å². The van der Waals surface area contributed by atoms with Crippen molar-refractivity contribution < 1.29 is 4.79 Å². The summed E-state index contributed by atoms with van der Waals surface area (Å²) in [6, 6.07) is 3.95. The number of ketones is 1. The van der Waals surface area contributed by atoms with Crippen molar-refractivity contribution in [1.29, 1.82) is 0 Å². The molecular formula is C11H14N2O. The molecule has 0 saturated carbocycles. The van der Waals surface area contributed by atoms with E-state index in [9.17, 15) is 4.79 Å². The molecule has 1 saturated heterocycles. The monoisotopic (exact) mass is 190 g/mol. The summed E-state index contributed by atoms with van der Waals surface area (Å²) in [6.45, 7) is 3.52. The molecule has 1 fully saturated rings. The van der Waals surface area contributed by atoms with Crippen LogP contribution in [0.15, 0.2) is 18.3 Å². The van der Waals surface area contributed by atoms with E-state index in [2.05, 4.69) is 10.3 Å². The lowest BCUT2D eigenvalue weighted by Gasteiger charge is -2.21. The number of aromatic nitrogens is 1. The van der Waals surface area contributed by atoms with Crippen LogP contribution in [0, 0.1) is 6.92 Å². The smallest absolute Gasteiger partial charge is 0.142 e. The molecule has 74 valence electrons. The molecule has 0 spiro atoms. The second-order valence-electron chi connectivity index (χ2n) is 3.71. The fourth-order valence-corrected chi connectivity index (χ4v) is 1.74. The average molecular weight is 190 g/mol. The number of hydrogen-bond acceptors (Lipinski definition) is 3. The summed E-state index contributed by atoms with van der Waals surface area (Å²) in [7, 11) is 0. The van der Waals surface area contributed by atoms with Crippen molar-refractivity contribution in [3.05, 3.63) is 29.6 Å². The molecule has 1 N–H and O–H groups in total. The number of piperidine rings is 1. The minimum Gasteiger partial charge on any atom is -0.315 e. The van der Waals surface area contributed by atoms with Gasteiger partial charge in [-0.1, -0.05) is 6.07 Å². The Morgan fingerprint density at radius 3 is 3.00 bits per heavy atom. The van der Waals surface area contributed by atoms with Gasteiger partial charge in [0.25, 0.3) is 0 Å². The number of aryl methyl sites for hydroxylation is 1. The number of carbonyl (C=O) groups excluding carboxylic acids is 1. The van der Waals surface area contributed by atoms with Crippen LogP contribution in [-0.4, -0.2) is 23.9 Å². The Hall–Kier alpha value is -1.22. The lowest BCUT2D eigenvalue weighted by atomic mass is 9.91. The van der Waals surface area contributed by atoms with Crippen LogP contribution in [-0.2, 0) is 4.79 Å². The Bertz CT molecular complexity index is 332. The van der Waals surface area contributed by atoms with Gasteiger partial charge in [-0.3, -0.25) is 9.78 Å². The second-order valence-corrected chi connectivity index (χ2v) is 3.71. The predicted octanol–water partition coefficient (Wildman–Crippen LogP) is 1.04. The van der Waals surface area contributed by atoms with Gasteiger partial charge >= 0.3 is 0 Å². The van der Waals surface area contributed by atoms with E-state index in [4.69, 9.17) is 0 Å². The quantitative estimate of drug-likeness (QED) is 0.719. The van der Waals surface area contributed by atoms with Gasteiger partial charge in [0, 0.05) is 31.4 Å². The molecule has 3 nitrogen and oxygen atoms in total. The molecule has 1 aliphatic heterocycles. The summed E-state index contributed by atoms with van der Waals surface area (Å²) >= 11 is 0. The minimum absolute atomic E-state index is 0.0110. The summed E-state index contributed by atoms with van der Waals surface area (Å²) in [4.78, 5) is 15.8. The first kappa shape index (κ1) is 9.34. The molecule has 0 aliphatic carbocycles. The summed E-state index contributed by atoms with van der Waals surface area (Å²) in [5.74, 6) is 0.339. The van der Waals surface area contributed by atoms with Gasteiger partial charge in [0.05, 0.1) is 5.92 Å². The van der Waals surface area contributed by atoms with Crippen LogP contribution in [0.25, 0.3) is 0 Å². The van der Waals surface area contributed by atoms with E-state index < -0.39 is 0 Å². The zero-order chi connectivity index (χ0) is 9.97. The third-order valence-electron chi connectivity index (χ3n) is 2.62. The summed E-state index contributed by atoms with van der Waals surface area (Å²) < 4.78 is 0. The van der Waals surface area contributed by atoms with E-state index in [1.54, 1.807) is 0 Å². The molecular weight excluding hydrogens is 176 g/mol. The van der Waals surface area contributed by atoms with Crippen LogP contribution < -0.4 is 5.32 Å². The predicted molar refractivity (Wildman–Crippen MR) is 54.2 cm³/mol. The number of nitrogens with zero attached hydrogens (tertiary/aromatic N) is 1. The summed E-state index contributed by atoms with van der Waals surface area (Å²) in [5, 5.41) is 3.23. The highest BCUT2D eigenvalue weighted by Crippen LogP contribution is 2.19. The lowest BCUT2D eigenvalue weighted by Crippen LogP contribution is -2.35. The van der Waals surface area contributed by atoms with Crippen molar-refractivity contribution in [2.45, 2.75) is 19.3 Å². The van der Waals surface area contributed by atoms with Gasteiger partial charge in [0.2, 0.25) is 0 Å². The van der Waals surface area contributed by atoms with Gasteiger partial charge in [-0.05, 0) is 18.6 Å². The Labute approximate surface area is 83.5 Å². The minimum atomic E-state index is 0.0110. The number of rotatable bonds is 1. The fraction of sp³-hybridized carbons (Fsp3) is 0.455. The largest absolute Gasteiger partial charge is 0.315 e. The maximum atomic E-state index is 11.6. The maximum absolute atomic E-state index is 11.6. The number of pyridine rings is 1. The fourth-order valence-electron chi connectivity index (χ4n) is 1.74. The summed E-state index contributed by atoms with van der Waals surface area (Å²) in [6.07, 6.45) is 2.45. The van der Waals surface area contributed by atoms with Crippen molar-refractivity contribution in [3.63, 3.8) is 0 Å². The third-order valence-corrected chi connectivity index (χ3v) is 2.62. The highest BCUT2D eigenvalue weighted by Gasteiger charge is 2.23. The molecule has 1 aromatic heterocycles. The van der Waals surface area contributed by atoms with Crippen molar-refractivity contribution in [2.75, 3.05) is 13.1 Å². The first-order valence-corrected chi connectivity index (χ1v) is 4.93. The molecule has 3 heteroatoms. The van der Waals surface area contributed by atoms with Gasteiger partial charge in [0.15, 0.2) is 0 Å². The van der Waals surface area contributed by atoms with Crippen LogP contribution in [0.2, 0.25) is 0 Å². The van der Waals surface area contributed by atoms with Crippen molar-refractivity contribution >= 4 is 5.78 Å². The number of nitrogens with one attached hydrogen (secondary N) is 1. The highest BCUT2D eigenvalue weighted by atomic mass is 16.1. The number of carbonyl (C=O) groups is 1. The van der Waals surface area contributed by atoms with E-state index in [1.165, 1.54) is 0 Å².